The van der Waals surface area contributed by atoms with Gasteiger partial charge in [0, 0.05) is 27.9 Å². The maximum atomic E-state index is 11.4. The Morgan fingerprint density at radius 1 is 0.958 bits per heavy atom. The first-order valence-electron chi connectivity index (χ1n) is 7.57. The van der Waals surface area contributed by atoms with Crippen molar-refractivity contribution < 1.29 is 38.1 Å². The average Bonchev–Trinajstić information content (AvgIpc) is 2.47. The lowest BCUT2D eigenvalue weighted by atomic mass is 9.99. The average molecular weight is 364 g/mol. The van der Waals surface area contributed by atoms with Crippen LogP contribution in [0.5, 0.6) is 0 Å². The molecule has 0 aromatic rings. The van der Waals surface area contributed by atoms with Gasteiger partial charge in [-0.1, -0.05) is 6.92 Å². The maximum absolute atomic E-state index is 11.4. The lowest BCUT2D eigenvalue weighted by Crippen LogP contribution is -2.61. The number of thioether (sulfide) groups is 1. The van der Waals surface area contributed by atoms with Crippen LogP contribution in [0, 0.1) is 0 Å². The first-order chi connectivity index (χ1) is 11.3. The van der Waals surface area contributed by atoms with Crippen molar-refractivity contribution >= 4 is 29.7 Å². The van der Waals surface area contributed by atoms with Crippen LogP contribution in [0.3, 0.4) is 0 Å². The number of carbonyl (C=O) groups is 3. The molecule has 1 heterocycles. The van der Waals surface area contributed by atoms with Crippen LogP contribution >= 0.6 is 11.8 Å². The van der Waals surface area contributed by atoms with Crippen molar-refractivity contribution in [2.75, 3.05) is 19.5 Å². The summed E-state index contributed by atoms with van der Waals surface area (Å²) in [6.07, 6.45) is -3.09. The normalized spacial score (nSPS) is 29.6. The summed E-state index contributed by atoms with van der Waals surface area (Å²) in [4.78, 5) is 34.0. The lowest BCUT2D eigenvalue weighted by molar-refractivity contribution is -0.234. The standard InChI is InChI=1S/C15H24O8S/c1-6-24-15-14(22-10(4)18)13(19-5)12(21-9(3)17)11(23-15)7-20-8(2)16/h11-15H,6-7H2,1-5H3/t11-,12+,13-,14+,15?/m0/s1. The van der Waals surface area contributed by atoms with Crippen molar-refractivity contribution in [1.82, 2.24) is 0 Å². The van der Waals surface area contributed by atoms with Gasteiger partial charge in [0.05, 0.1) is 0 Å². The molecule has 24 heavy (non-hydrogen) atoms. The molecule has 0 amide bonds. The molecule has 1 aliphatic heterocycles. The molecule has 5 atom stereocenters. The van der Waals surface area contributed by atoms with Crippen molar-refractivity contribution in [2.24, 2.45) is 0 Å². The smallest absolute Gasteiger partial charge is 0.303 e. The van der Waals surface area contributed by atoms with Crippen LogP contribution in [0.15, 0.2) is 0 Å². The van der Waals surface area contributed by atoms with E-state index in [2.05, 4.69) is 0 Å². The topological polar surface area (TPSA) is 97.4 Å². The van der Waals surface area contributed by atoms with Gasteiger partial charge < -0.3 is 23.7 Å². The van der Waals surface area contributed by atoms with Crippen molar-refractivity contribution in [3.05, 3.63) is 0 Å². The Bertz CT molecular complexity index is 455. The minimum atomic E-state index is -0.870. The molecule has 1 unspecified atom stereocenters. The van der Waals surface area contributed by atoms with Crippen LogP contribution in [-0.2, 0) is 38.1 Å². The molecule has 8 nitrogen and oxygen atoms in total. The summed E-state index contributed by atoms with van der Waals surface area (Å²) in [6, 6.07) is 0. The highest BCUT2D eigenvalue weighted by molar-refractivity contribution is 7.99. The lowest BCUT2D eigenvalue weighted by Gasteiger charge is -2.44. The van der Waals surface area contributed by atoms with Crippen LogP contribution in [-0.4, -0.2) is 67.2 Å². The number of hydrogen-bond acceptors (Lipinski definition) is 9. The summed E-state index contributed by atoms with van der Waals surface area (Å²) in [5.41, 5.74) is -0.531. The first-order valence-corrected chi connectivity index (χ1v) is 8.62. The van der Waals surface area contributed by atoms with Gasteiger partial charge in [0.15, 0.2) is 12.2 Å². The Morgan fingerprint density at radius 2 is 1.54 bits per heavy atom. The second-order valence-electron chi connectivity index (χ2n) is 5.15. The molecule has 1 rings (SSSR count). The van der Waals surface area contributed by atoms with Crippen molar-refractivity contribution in [3.63, 3.8) is 0 Å². The number of methoxy groups -OCH3 is 1. The summed E-state index contributed by atoms with van der Waals surface area (Å²) >= 11 is 1.42. The summed E-state index contributed by atoms with van der Waals surface area (Å²) in [5.74, 6) is -0.804. The van der Waals surface area contributed by atoms with Crippen LogP contribution in [0.4, 0.5) is 0 Å². The highest BCUT2D eigenvalue weighted by atomic mass is 32.2. The minimum Gasteiger partial charge on any atom is -0.463 e. The molecule has 138 valence electrons. The Hall–Kier alpha value is -1.32. The van der Waals surface area contributed by atoms with E-state index in [1.165, 1.54) is 39.6 Å². The fourth-order valence-corrected chi connectivity index (χ4v) is 3.38. The number of ether oxygens (including phenoxy) is 5. The zero-order valence-electron chi connectivity index (χ0n) is 14.5. The van der Waals surface area contributed by atoms with Crippen molar-refractivity contribution in [3.8, 4) is 0 Å². The monoisotopic (exact) mass is 364 g/mol. The van der Waals surface area contributed by atoms with Crippen LogP contribution in [0.2, 0.25) is 0 Å². The predicted octanol–water partition coefficient (Wildman–Crippen LogP) is 0.906. The Morgan fingerprint density at radius 3 is 2.00 bits per heavy atom. The Labute approximate surface area is 145 Å². The molecular weight excluding hydrogens is 340 g/mol. The molecule has 0 aliphatic carbocycles. The SMILES string of the molecule is CCSC1O[C@@H](COC(C)=O)[C@@H](OC(C)=O)[C@H](OC)[C@H]1OC(C)=O. The number of hydrogen-bond donors (Lipinski definition) is 0. The van der Waals surface area contributed by atoms with E-state index in [-0.39, 0.29) is 6.61 Å². The summed E-state index contributed by atoms with van der Waals surface area (Å²) in [6.45, 7) is 5.65. The van der Waals surface area contributed by atoms with E-state index in [9.17, 15) is 14.4 Å². The third-order valence-corrected chi connectivity index (χ3v) is 4.29. The van der Waals surface area contributed by atoms with Crippen molar-refractivity contribution in [1.29, 1.82) is 0 Å². The van der Waals surface area contributed by atoms with Gasteiger partial charge in [-0.25, -0.2) is 0 Å². The second-order valence-corrected chi connectivity index (χ2v) is 6.52. The Kier molecular flexibility index (Phi) is 8.51. The Balaban J connectivity index is 3.07. The zero-order valence-corrected chi connectivity index (χ0v) is 15.3. The van der Waals surface area contributed by atoms with E-state index >= 15 is 0 Å². The van der Waals surface area contributed by atoms with E-state index in [1.54, 1.807) is 0 Å². The van der Waals surface area contributed by atoms with Gasteiger partial charge in [-0.2, -0.15) is 0 Å². The minimum absolute atomic E-state index is 0.0965. The van der Waals surface area contributed by atoms with Crippen LogP contribution in [0.1, 0.15) is 27.7 Å². The second kappa shape index (κ2) is 9.85. The maximum Gasteiger partial charge on any atom is 0.303 e. The molecule has 0 aromatic carbocycles. The highest BCUT2D eigenvalue weighted by Crippen LogP contribution is 2.33. The van der Waals surface area contributed by atoms with E-state index in [4.69, 9.17) is 23.7 Å². The fourth-order valence-electron chi connectivity index (χ4n) is 2.43. The summed E-state index contributed by atoms with van der Waals surface area (Å²) in [7, 11) is 1.43. The third kappa shape index (κ3) is 5.95. The van der Waals surface area contributed by atoms with Gasteiger partial charge in [-0.15, -0.1) is 11.8 Å². The zero-order chi connectivity index (χ0) is 18.3. The molecule has 1 aliphatic rings. The summed E-state index contributed by atoms with van der Waals surface area (Å²) in [5, 5.41) is 0. The molecule has 0 N–H and O–H groups in total. The largest absolute Gasteiger partial charge is 0.463 e. The molecule has 0 spiro atoms. The van der Waals surface area contributed by atoms with Crippen molar-refractivity contribution in [2.45, 2.75) is 57.5 Å². The van der Waals surface area contributed by atoms with Gasteiger partial charge in [0.1, 0.15) is 24.3 Å². The van der Waals surface area contributed by atoms with E-state index < -0.39 is 47.8 Å². The summed E-state index contributed by atoms with van der Waals surface area (Å²) < 4.78 is 27.0. The number of rotatable bonds is 7. The first kappa shape index (κ1) is 20.7. The van der Waals surface area contributed by atoms with Gasteiger partial charge in [-0.05, 0) is 5.75 Å². The third-order valence-electron chi connectivity index (χ3n) is 3.25. The van der Waals surface area contributed by atoms with Crippen LogP contribution in [0.25, 0.3) is 0 Å². The molecule has 0 aromatic heterocycles. The molecule has 0 saturated carbocycles. The molecular formula is C15H24O8S. The quantitative estimate of drug-likeness (QED) is 0.482. The van der Waals surface area contributed by atoms with E-state index in [0.717, 1.165) is 0 Å². The van der Waals surface area contributed by atoms with E-state index in [1.807, 2.05) is 6.92 Å². The van der Waals surface area contributed by atoms with Gasteiger partial charge in [0.25, 0.3) is 0 Å². The molecule has 0 radical (unpaired) electrons. The number of esters is 3. The van der Waals surface area contributed by atoms with Gasteiger partial charge >= 0.3 is 17.9 Å². The van der Waals surface area contributed by atoms with Gasteiger partial charge in [-0.3, -0.25) is 14.4 Å². The predicted molar refractivity (Wildman–Crippen MR) is 85.3 cm³/mol. The fraction of sp³-hybridized carbons (Fsp3) is 0.800. The molecule has 1 saturated heterocycles. The molecule has 1 fully saturated rings. The molecule has 0 bridgehead atoms. The van der Waals surface area contributed by atoms with Gasteiger partial charge in [0.2, 0.25) is 0 Å². The molecule has 9 heteroatoms. The number of carbonyl (C=O) groups excluding carboxylic acids is 3. The highest BCUT2D eigenvalue weighted by Gasteiger charge is 2.50. The van der Waals surface area contributed by atoms with E-state index in [0.29, 0.717) is 5.75 Å². The van der Waals surface area contributed by atoms with Crippen LogP contribution < -0.4 is 0 Å².